The van der Waals surface area contributed by atoms with Crippen LogP contribution in [0.1, 0.15) is 41.8 Å². The molecule has 0 radical (unpaired) electrons. The second-order valence-corrected chi connectivity index (χ2v) is 9.63. The Balaban J connectivity index is 1.52. The summed E-state index contributed by atoms with van der Waals surface area (Å²) in [5.74, 6) is -0.304. The predicted octanol–water partition coefficient (Wildman–Crippen LogP) is 6.61. The fraction of sp³-hybridized carbons (Fsp3) is 0.182. The summed E-state index contributed by atoms with van der Waals surface area (Å²) in [5.41, 5.74) is 8.52. The fourth-order valence-corrected chi connectivity index (χ4v) is 4.57. The first-order chi connectivity index (χ1) is 20.3. The number of phenols is 1. The van der Waals surface area contributed by atoms with E-state index in [4.69, 9.17) is 15.2 Å². The number of ketones is 1. The number of anilines is 3. The average Bonchev–Trinajstić information content (AvgIpc) is 2.98. The zero-order valence-corrected chi connectivity index (χ0v) is 23.4. The summed E-state index contributed by atoms with van der Waals surface area (Å²) >= 11 is 0. The number of aromatic hydroxyl groups is 1. The lowest BCUT2D eigenvalue weighted by molar-refractivity contribution is -0.111. The number of amides is 2. The van der Waals surface area contributed by atoms with Crippen LogP contribution in [0.2, 0.25) is 0 Å². The third-order valence-corrected chi connectivity index (χ3v) is 6.76. The van der Waals surface area contributed by atoms with Crippen LogP contribution in [-0.2, 0) is 14.3 Å². The van der Waals surface area contributed by atoms with E-state index in [-0.39, 0.29) is 17.4 Å². The molecule has 4 aromatic carbocycles. The number of nitrogens with two attached hydrogens (primary N) is 1. The Labute approximate surface area is 243 Å². The first kappa shape index (κ1) is 29.8. The molecule has 0 heterocycles. The molecule has 0 saturated carbocycles. The number of fused-ring (bicyclic) bond motifs is 1. The molecule has 2 atom stereocenters. The quantitative estimate of drug-likeness (QED) is 0.0908. The highest BCUT2D eigenvalue weighted by atomic mass is 16.6. The van der Waals surface area contributed by atoms with Gasteiger partial charge in [0.2, 0.25) is 5.91 Å². The molecule has 5 N–H and O–H groups in total. The molecule has 0 aliphatic carbocycles. The van der Waals surface area contributed by atoms with Gasteiger partial charge < -0.3 is 25.6 Å². The number of carbonyl (C=O) groups excluding carboxylic acids is 3. The summed E-state index contributed by atoms with van der Waals surface area (Å²) < 4.78 is 11.8. The zero-order valence-electron chi connectivity index (χ0n) is 23.4. The van der Waals surface area contributed by atoms with Gasteiger partial charge in [0.15, 0.2) is 11.9 Å². The van der Waals surface area contributed by atoms with E-state index in [1.165, 1.54) is 20.1 Å². The summed E-state index contributed by atoms with van der Waals surface area (Å²) in [7, 11) is 1.52. The lowest BCUT2D eigenvalue weighted by Crippen LogP contribution is -2.28. The van der Waals surface area contributed by atoms with E-state index in [1.54, 1.807) is 72.8 Å². The number of ether oxygens (including phenoxy) is 2. The minimum atomic E-state index is -0.858. The number of benzene rings is 4. The van der Waals surface area contributed by atoms with Crippen LogP contribution in [0.5, 0.6) is 5.75 Å². The molecule has 0 aliphatic rings. The third kappa shape index (κ3) is 7.52. The summed E-state index contributed by atoms with van der Waals surface area (Å²) in [6.07, 6.45) is 1.81. The lowest BCUT2D eigenvalue weighted by Gasteiger charge is -2.27. The zero-order chi connectivity index (χ0) is 30.1. The Hall–Kier alpha value is -5.15. The summed E-state index contributed by atoms with van der Waals surface area (Å²) in [4.78, 5) is 37.0. The number of carbonyl (C=O) groups is 3. The van der Waals surface area contributed by atoms with Crippen molar-refractivity contribution in [2.24, 2.45) is 0 Å². The average molecular weight is 568 g/mol. The standard InChI is InChI=1S/C33H33N3O6/c1-21(37)22-15-17-23(18-16-22)35-33(40)42-32(26-19-20-29(38)25-10-4-3-9-24(25)26)30(41-2)13-7-8-14-31(39)36-28-12-6-5-11-27(28)34/h3-6,8-12,14-20,30,32,38H,7,13,34H2,1-2H3,(H,35,40)(H,36,39)/b14-8+/t30-,32-/m0/s1. The Morgan fingerprint density at radius 2 is 1.60 bits per heavy atom. The number of rotatable bonds is 11. The second kappa shape index (κ2) is 14.0. The number of phenolic OH excluding ortho intramolecular Hbond substituents is 1. The molecule has 0 aromatic heterocycles. The Morgan fingerprint density at radius 3 is 2.29 bits per heavy atom. The van der Waals surface area contributed by atoms with E-state index in [2.05, 4.69) is 10.6 Å². The topological polar surface area (TPSA) is 140 Å². The van der Waals surface area contributed by atoms with E-state index in [9.17, 15) is 19.5 Å². The molecule has 0 unspecified atom stereocenters. The molecular formula is C33H33N3O6. The highest BCUT2D eigenvalue weighted by molar-refractivity contribution is 6.01. The van der Waals surface area contributed by atoms with Gasteiger partial charge in [-0.25, -0.2) is 4.79 Å². The fourth-order valence-electron chi connectivity index (χ4n) is 4.57. The van der Waals surface area contributed by atoms with E-state index in [1.807, 2.05) is 18.2 Å². The van der Waals surface area contributed by atoms with Crippen LogP contribution >= 0.6 is 0 Å². The van der Waals surface area contributed by atoms with Crippen molar-refractivity contribution in [3.05, 3.63) is 108 Å². The minimum Gasteiger partial charge on any atom is -0.507 e. The van der Waals surface area contributed by atoms with Crippen LogP contribution in [0.3, 0.4) is 0 Å². The van der Waals surface area contributed by atoms with Gasteiger partial charge in [0, 0.05) is 29.3 Å². The van der Waals surface area contributed by atoms with Gasteiger partial charge in [-0.3, -0.25) is 14.9 Å². The number of methoxy groups -OCH3 is 1. The van der Waals surface area contributed by atoms with Gasteiger partial charge in [0.1, 0.15) is 5.75 Å². The van der Waals surface area contributed by atoms with Crippen LogP contribution in [0.15, 0.2) is 97.1 Å². The van der Waals surface area contributed by atoms with E-state index >= 15 is 0 Å². The van der Waals surface area contributed by atoms with Gasteiger partial charge in [-0.05, 0) is 73.7 Å². The number of nitrogen functional groups attached to an aromatic ring is 1. The Bertz CT molecular complexity index is 1600. The number of para-hydroxylation sites is 2. The van der Waals surface area contributed by atoms with Crippen LogP contribution in [0, 0.1) is 0 Å². The molecule has 0 saturated heterocycles. The molecule has 9 heteroatoms. The summed E-state index contributed by atoms with van der Waals surface area (Å²) in [6, 6.07) is 24.0. The maximum Gasteiger partial charge on any atom is 0.412 e. The van der Waals surface area contributed by atoms with Crippen LogP contribution < -0.4 is 16.4 Å². The van der Waals surface area contributed by atoms with Crippen molar-refractivity contribution in [3.8, 4) is 5.75 Å². The van der Waals surface area contributed by atoms with Crippen LogP contribution in [0.25, 0.3) is 10.8 Å². The van der Waals surface area contributed by atoms with E-state index in [0.29, 0.717) is 51.8 Å². The maximum atomic E-state index is 13.1. The first-order valence-electron chi connectivity index (χ1n) is 13.4. The van der Waals surface area contributed by atoms with Gasteiger partial charge in [-0.2, -0.15) is 0 Å². The monoisotopic (exact) mass is 567 g/mol. The summed E-state index contributed by atoms with van der Waals surface area (Å²) in [6.45, 7) is 1.47. The summed E-state index contributed by atoms with van der Waals surface area (Å²) in [5, 5.41) is 17.2. The van der Waals surface area contributed by atoms with Crippen molar-refractivity contribution >= 4 is 45.6 Å². The van der Waals surface area contributed by atoms with Crippen LogP contribution in [0.4, 0.5) is 21.9 Å². The molecule has 0 aliphatic heterocycles. The smallest absolute Gasteiger partial charge is 0.412 e. The molecule has 0 bridgehead atoms. The normalized spacial score (nSPS) is 12.5. The van der Waals surface area contributed by atoms with Crippen molar-refractivity contribution in [3.63, 3.8) is 0 Å². The van der Waals surface area contributed by atoms with Crippen molar-refractivity contribution in [2.75, 3.05) is 23.5 Å². The predicted molar refractivity (Wildman–Crippen MR) is 164 cm³/mol. The molecule has 42 heavy (non-hydrogen) atoms. The maximum absolute atomic E-state index is 13.1. The van der Waals surface area contributed by atoms with Crippen LogP contribution in [-0.4, -0.2) is 36.1 Å². The number of nitrogens with one attached hydrogen (secondary N) is 2. The minimum absolute atomic E-state index is 0.0814. The molecular weight excluding hydrogens is 534 g/mol. The number of hydrogen-bond acceptors (Lipinski definition) is 7. The highest BCUT2D eigenvalue weighted by Crippen LogP contribution is 2.36. The van der Waals surface area contributed by atoms with Crippen molar-refractivity contribution in [2.45, 2.75) is 32.0 Å². The first-order valence-corrected chi connectivity index (χ1v) is 13.4. The van der Waals surface area contributed by atoms with Crippen molar-refractivity contribution in [1.82, 2.24) is 0 Å². The largest absolute Gasteiger partial charge is 0.507 e. The Kier molecular flexibility index (Phi) is 9.91. The van der Waals surface area contributed by atoms with E-state index < -0.39 is 18.3 Å². The molecule has 4 rings (SSSR count). The van der Waals surface area contributed by atoms with Gasteiger partial charge >= 0.3 is 6.09 Å². The highest BCUT2D eigenvalue weighted by Gasteiger charge is 2.29. The van der Waals surface area contributed by atoms with E-state index in [0.717, 1.165) is 0 Å². The van der Waals surface area contributed by atoms with Gasteiger partial charge in [-0.15, -0.1) is 0 Å². The van der Waals surface area contributed by atoms with Crippen molar-refractivity contribution < 1.29 is 29.0 Å². The SMILES string of the molecule is CO[C@@H](CC/C=C/C(=O)Nc1ccccc1N)[C@@H](OC(=O)Nc1ccc(C(C)=O)cc1)c1ccc(O)c2ccccc12. The second-order valence-electron chi connectivity index (χ2n) is 9.63. The van der Waals surface area contributed by atoms with Gasteiger partial charge in [0.05, 0.1) is 17.5 Å². The molecule has 9 nitrogen and oxygen atoms in total. The lowest BCUT2D eigenvalue weighted by atomic mass is 9.94. The van der Waals surface area contributed by atoms with Gasteiger partial charge in [0.25, 0.3) is 0 Å². The third-order valence-electron chi connectivity index (χ3n) is 6.76. The molecule has 4 aromatic rings. The van der Waals surface area contributed by atoms with Gasteiger partial charge in [-0.1, -0.05) is 48.5 Å². The number of hydrogen-bond donors (Lipinski definition) is 4. The van der Waals surface area contributed by atoms with Crippen molar-refractivity contribution in [1.29, 1.82) is 0 Å². The molecule has 216 valence electrons. The Morgan fingerprint density at radius 1 is 0.905 bits per heavy atom. The number of Topliss-reactive ketones (excluding diaryl/α,β-unsaturated/α-hetero) is 1. The molecule has 0 fully saturated rings. The molecule has 2 amide bonds. The molecule has 0 spiro atoms. The number of allylic oxidation sites excluding steroid dienone is 1.